The minimum atomic E-state index is -1.16. The molecule has 2 heterocycles. The van der Waals surface area contributed by atoms with Crippen LogP contribution in [0.4, 0.5) is 0 Å². The first-order valence-corrected chi connectivity index (χ1v) is 10.1. The molecule has 2 aliphatic heterocycles. The molecule has 4 rings (SSSR count). The lowest BCUT2D eigenvalue weighted by Crippen LogP contribution is -2.61. The molecule has 5 heteroatoms. The van der Waals surface area contributed by atoms with Crippen LogP contribution in [0.25, 0.3) is 0 Å². The van der Waals surface area contributed by atoms with Gasteiger partial charge in [-0.15, -0.1) is 0 Å². The van der Waals surface area contributed by atoms with E-state index in [0.717, 1.165) is 30.7 Å². The lowest BCUT2D eigenvalue weighted by molar-refractivity contribution is -0.167. The molecule has 2 aliphatic rings. The lowest BCUT2D eigenvalue weighted by atomic mass is 9.68. The third kappa shape index (κ3) is 3.44. The largest absolute Gasteiger partial charge is 0.497 e. The van der Waals surface area contributed by atoms with Gasteiger partial charge in [0.2, 0.25) is 0 Å². The number of ketones is 1. The highest BCUT2D eigenvalue weighted by atomic mass is 16.5. The Morgan fingerprint density at radius 2 is 1.76 bits per heavy atom. The first-order chi connectivity index (χ1) is 14.1. The fourth-order valence-corrected chi connectivity index (χ4v) is 5.09. The molecule has 2 aromatic carbocycles. The number of esters is 1. The van der Waals surface area contributed by atoms with E-state index >= 15 is 0 Å². The molecule has 2 fully saturated rings. The van der Waals surface area contributed by atoms with Gasteiger partial charge in [-0.1, -0.05) is 42.5 Å². The number of carbonyl (C=O) groups is 2. The van der Waals surface area contributed by atoms with Crippen molar-refractivity contribution in [1.82, 2.24) is 4.90 Å². The average molecular weight is 393 g/mol. The standard InChI is InChI=1S/C24H27NO4/c1-28-20-11-8-17(9-12-20)15-24(23(27)29-2)21-13-10-19(14-22(24)26)25(21)16-18-6-4-3-5-7-18/h3-9,11-12,19,21H,10,13-16H2,1-2H3/t19-,21+,24-/m1/s1. The molecule has 152 valence electrons. The Bertz CT molecular complexity index is 880. The Labute approximate surface area is 171 Å². The zero-order valence-electron chi connectivity index (χ0n) is 17.0. The van der Waals surface area contributed by atoms with Crippen molar-refractivity contribution in [2.75, 3.05) is 14.2 Å². The Hall–Kier alpha value is -2.66. The summed E-state index contributed by atoms with van der Waals surface area (Å²) in [6, 6.07) is 17.9. The van der Waals surface area contributed by atoms with Gasteiger partial charge in [-0.05, 0) is 42.5 Å². The summed E-state index contributed by atoms with van der Waals surface area (Å²) in [5.74, 6) is 0.348. The van der Waals surface area contributed by atoms with E-state index in [9.17, 15) is 9.59 Å². The molecule has 0 saturated carbocycles. The van der Waals surface area contributed by atoms with Gasteiger partial charge in [0.25, 0.3) is 0 Å². The molecule has 0 unspecified atom stereocenters. The first-order valence-electron chi connectivity index (χ1n) is 10.1. The summed E-state index contributed by atoms with van der Waals surface area (Å²) in [6.07, 6.45) is 2.51. The topological polar surface area (TPSA) is 55.8 Å². The van der Waals surface area contributed by atoms with E-state index < -0.39 is 11.4 Å². The predicted molar refractivity (Wildman–Crippen MR) is 110 cm³/mol. The molecule has 2 aromatic rings. The molecular weight excluding hydrogens is 366 g/mol. The number of nitrogens with zero attached hydrogens (tertiary/aromatic N) is 1. The molecule has 29 heavy (non-hydrogen) atoms. The van der Waals surface area contributed by atoms with Crippen LogP contribution in [-0.2, 0) is 27.3 Å². The summed E-state index contributed by atoms with van der Waals surface area (Å²) in [4.78, 5) is 28.8. The second kappa shape index (κ2) is 7.99. The number of methoxy groups -OCH3 is 2. The minimum absolute atomic E-state index is 0.0111. The quantitative estimate of drug-likeness (QED) is 0.556. The summed E-state index contributed by atoms with van der Waals surface area (Å²) < 4.78 is 10.5. The highest BCUT2D eigenvalue weighted by molar-refractivity contribution is 6.06. The Morgan fingerprint density at radius 3 is 2.41 bits per heavy atom. The number of carbonyl (C=O) groups excluding carboxylic acids is 2. The molecule has 0 radical (unpaired) electrons. The zero-order valence-corrected chi connectivity index (χ0v) is 17.0. The van der Waals surface area contributed by atoms with Crippen LogP contribution in [0.2, 0.25) is 0 Å². The van der Waals surface area contributed by atoms with Gasteiger partial charge in [-0.3, -0.25) is 14.5 Å². The van der Waals surface area contributed by atoms with E-state index in [1.165, 1.54) is 12.7 Å². The molecule has 5 nitrogen and oxygen atoms in total. The van der Waals surface area contributed by atoms with E-state index in [2.05, 4.69) is 17.0 Å². The maximum absolute atomic E-state index is 13.4. The van der Waals surface area contributed by atoms with Gasteiger partial charge in [0.05, 0.1) is 14.2 Å². The fourth-order valence-electron chi connectivity index (χ4n) is 5.09. The molecule has 2 saturated heterocycles. The first kappa shape index (κ1) is 19.6. The van der Waals surface area contributed by atoms with Crippen molar-refractivity contribution in [2.45, 2.75) is 44.3 Å². The zero-order chi connectivity index (χ0) is 20.4. The molecule has 2 bridgehead atoms. The number of fused-ring (bicyclic) bond motifs is 2. The number of hydrogen-bond acceptors (Lipinski definition) is 5. The smallest absolute Gasteiger partial charge is 0.321 e. The van der Waals surface area contributed by atoms with Crippen molar-refractivity contribution in [3.63, 3.8) is 0 Å². The Balaban J connectivity index is 1.70. The molecule has 0 amide bonds. The molecule has 0 spiro atoms. The summed E-state index contributed by atoms with van der Waals surface area (Å²) in [6.45, 7) is 0.741. The molecule has 0 aromatic heterocycles. The number of piperidine rings is 1. The van der Waals surface area contributed by atoms with Crippen LogP contribution in [0.1, 0.15) is 30.4 Å². The maximum Gasteiger partial charge on any atom is 0.321 e. The van der Waals surface area contributed by atoms with Gasteiger partial charge in [0, 0.05) is 25.0 Å². The summed E-state index contributed by atoms with van der Waals surface area (Å²) in [7, 11) is 3.00. The fraction of sp³-hybridized carbons (Fsp3) is 0.417. The van der Waals surface area contributed by atoms with Crippen LogP contribution in [0, 0.1) is 5.41 Å². The highest BCUT2D eigenvalue weighted by Crippen LogP contribution is 2.48. The van der Waals surface area contributed by atoms with Gasteiger partial charge in [-0.2, -0.15) is 0 Å². The van der Waals surface area contributed by atoms with Crippen molar-refractivity contribution in [3.05, 3.63) is 65.7 Å². The van der Waals surface area contributed by atoms with Crippen molar-refractivity contribution in [2.24, 2.45) is 5.41 Å². The number of ether oxygens (including phenoxy) is 2. The highest BCUT2D eigenvalue weighted by Gasteiger charge is 2.61. The van der Waals surface area contributed by atoms with Crippen LogP contribution >= 0.6 is 0 Å². The summed E-state index contributed by atoms with van der Waals surface area (Å²) in [5, 5.41) is 0. The van der Waals surface area contributed by atoms with Gasteiger partial charge in [-0.25, -0.2) is 0 Å². The van der Waals surface area contributed by atoms with E-state index in [1.807, 2.05) is 42.5 Å². The number of benzene rings is 2. The van der Waals surface area contributed by atoms with Crippen LogP contribution < -0.4 is 4.74 Å². The third-order valence-electron chi connectivity index (χ3n) is 6.53. The SMILES string of the molecule is COC(=O)[C@@]1(Cc2ccc(OC)cc2)C(=O)C[C@H]2CC[C@@H]1N2Cc1ccccc1. The summed E-state index contributed by atoms with van der Waals surface area (Å²) >= 11 is 0. The predicted octanol–water partition coefficient (Wildman–Crippen LogP) is 3.40. The number of Topliss-reactive ketones (excluding diaryl/α,β-unsaturated/α-hetero) is 1. The maximum atomic E-state index is 13.4. The van der Waals surface area contributed by atoms with Crippen molar-refractivity contribution in [3.8, 4) is 5.75 Å². The Kier molecular flexibility index (Phi) is 5.41. The number of hydrogen-bond donors (Lipinski definition) is 0. The molecule has 3 atom stereocenters. The second-order valence-electron chi connectivity index (χ2n) is 8.02. The molecule has 0 N–H and O–H groups in total. The average Bonchev–Trinajstić information content (AvgIpc) is 3.07. The van der Waals surface area contributed by atoms with E-state index in [0.29, 0.717) is 12.8 Å². The monoisotopic (exact) mass is 393 g/mol. The second-order valence-corrected chi connectivity index (χ2v) is 8.02. The van der Waals surface area contributed by atoms with Crippen LogP contribution in [0.5, 0.6) is 5.75 Å². The van der Waals surface area contributed by atoms with Crippen LogP contribution in [0.3, 0.4) is 0 Å². The molecule has 0 aliphatic carbocycles. The van der Waals surface area contributed by atoms with Crippen molar-refractivity contribution in [1.29, 1.82) is 0 Å². The lowest BCUT2D eigenvalue weighted by Gasteiger charge is -2.45. The van der Waals surface area contributed by atoms with E-state index in [-0.39, 0.29) is 17.9 Å². The third-order valence-corrected chi connectivity index (χ3v) is 6.53. The van der Waals surface area contributed by atoms with Gasteiger partial charge < -0.3 is 9.47 Å². The van der Waals surface area contributed by atoms with Crippen molar-refractivity contribution < 1.29 is 19.1 Å². The minimum Gasteiger partial charge on any atom is -0.497 e. The Morgan fingerprint density at radius 1 is 1.03 bits per heavy atom. The summed E-state index contributed by atoms with van der Waals surface area (Å²) in [5.41, 5.74) is 0.974. The van der Waals surface area contributed by atoms with Crippen LogP contribution in [-0.4, -0.2) is 43.0 Å². The van der Waals surface area contributed by atoms with E-state index in [4.69, 9.17) is 9.47 Å². The normalized spacial score (nSPS) is 26.3. The number of rotatable bonds is 6. The van der Waals surface area contributed by atoms with Crippen molar-refractivity contribution >= 4 is 11.8 Å². The van der Waals surface area contributed by atoms with Crippen LogP contribution in [0.15, 0.2) is 54.6 Å². The van der Waals surface area contributed by atoms with E-state index in [1.54, 1.807) is 7.11 Å². The molecular formula is C24H27NO4. The van der Waals surface area contributed by atoms with Gasteiger partial charge in [0.1, 0.15) is 11.2 Å². The van der Waals surface area contributed by atoms with Gasteiger partial charge >= 0.3 is 5.97 Å². The van der Waals surface area contributed by atoms with Gasteiger partial charge in [0.15, 0.2) is 5.78 Å².